The summed E-state index contributed by atoms with van der Waals surface area (Å²) in [5.74, 6) is -1.27. The number of ether oxygens (including phenoxy) is 3. The molecular weight excluding hydrogens is 1140 g/mol. The molecule has 28 nitrogen and oxygen atoms in total. The van der Waals surface area contributed by atoms with Crippen LogP contribution in [0, 0.1) is 0 Å². The van der Waals surface area contributed by atoms with Gasteiger partial charge in [-0.25, -0.2) is 32.4 Å². The van der Waals surface area contributed by atoms with Gasteiger partial charge in [0.25, 0.3) is 17.4 Å². The number of imidazole rings is 1. The van der Waals surface area contributed by atoms with Crippen LogP contribution in [0.25, 0.3) is 27.9 Å². The number of amides is 2. The SMILES string of the molecule is CCN1c2cc3c(cc2C(C)=CC1(C)C)C(c1cc(C(=O)NCCNC(=O)O[C@H]2[C@@H](O)[C@H]([n+]4cn(C)c5c(=O)[nH]c(N)nc54)O[C@@H]2COP(=O)(O)OP(=O)(O)OP(=O)(O)O)ccc1C(=O)O)=c1cc2c(cc1O3)=[N+](CC)C(C)(C)C=C2C. The van der Waals surface area contributed by atoms with E-state index in [1.54, 1.807) is 0 Å². The first-order chi connectivity index (χ1) is 38.2. The second-order valence-corrected chi connectivity index (χ2v) is 25.4. The molecule has 0 aliphatic carbocycles. The van der Waals surface area contributed by atoms with Crippen LogP contribution < -0.4 is 51.3 Å². The van der Waals surface area contributed by atoms with Gasteiger partial charge in [-0.3, -0.25) is 23.7 Å². The number of nitrogen functional groups attached to an aromatic ring is 1. The minimum absolute atomic E-state index is 0.0522. The van der Waals surface area contributed by atoms with Gasteiger partial charge in [-0.15, -0.1) is 0 Å². The van der Waals surface area contributed by atoms with Crippen LogP contribution in [0.15, 0.2) is 65.7 Å². The van der Waals surface area contributed by atoms with Crippen LogP contribution in [0.2, 0.25) is 0 Å². The predicted molar refractivity (Wildman–Crippen MR) is 294 cm³/mol. The minimum atomic E-state index is -5.96. The van der Waals surface area contributed by atoms with Crippen molar-refractivity contribution in [1.82, 2.24) is 29.7 Å². The van der Waals surface area contributed by atoms with Gasteiger partial charge in [0.1, 0.15) is 24.1 Å². The Labute approximate surface area is 467 Å². The molecule has 438 valence electrons. The summed E-state index contributed by atoms with van der Waals surface area (Å²) in [4.78, 5) is 100. The number of alkyl carbamates (subject to hydrolysis) is 1. The number of fused-ring (bicyclic) bond motifs is 5. The topological polar surface area (TPSA) is 390 Å². The summed E-state index contributed by atoms with van der Waals surface area (Å²) in [6.07, 6.45) is -2.70. The van der Waals surface area contributed by atoms with Gasteiger partial charge < -0.3 is 65.3 Å². The molecule has 1 fully saturated rings. The fourth-order valence-corrected chi connectivity index (χ4v) is 14.3. The van der Waals surface area contributed by atoms with Crippen molar-refractivity contribution < 1.29 is 89.8 Å². The summed E-state index contributed by atoms with van der Waals surface area (Å²) in [6, 6.07) is 12.2. The summed E-state index contributed by atoms with van der Waals surface area (Å²) >= 11 is 0. The smallest absolute Gasteiger partial charge is 0.478 e. The lowest BCUT2D eigenvalue weighted by atomic mass is 9.83. The van der Waals surface area contributed by atoms with Crippen molar-refractivity contribution in [3.8, 4) is 11.5 Å². The van der Waals surface area contributed by atoms with Gasteiger partial charge in [0.05, 0.1) is 30.8 Å². The number of carboxylic acid groups (broad SMARTS) is 1. The van der Waals surface area contributed by atoms with Crippen LogP contribution in [-0.4, -0.2) is 124 Å². The van der Waals surface area contributed by atoms with Crippen molar-refractivity contribution in [2.24, 2.45) is 7.05 Å². The standard InChI is InChI=1S/C51H60N9O19P3/c1-10-59-34-19-36-32(17-29(34)25(3)21-50(59,5)6)39(33-18-30-26(4)22-51(7,8)60(11-2)35(30)20-37(33)75-36)31-16-27(12-13-28(31)47(64)65)44(62)53-14-15-54-49(66)77-42-38(23-74-81(70,71)79-82(72,73)78-80(67,68)69)76-46(41(42)61)58-24-57(9)40-43(58)55-48(52)56-45(40)63/h12-13,16-22,24,38,41-42,46,61H,10-11,14-15,23H2,1-9H3,(H8-2,52,53,54,55,56,62,63,64,65,66,67,68,69,70,71,72,73)/p+2/t38-,41-,42-,46-/m1/s1. The number of carbonyl (C=O) groups is 3. The maximum absolute atomic E-state index is 14.1. The Morgan fingerprint density at radius 2 is 1.59 bits per heavy atom. The van der Waals surface area contributed by atoms with E-state index in [1.165, 1.54) is 36.1 Å². The highest BCUT2D eigenvalue weighted by atomic mass is 31.3. The fourth-order valence-electron chi connectivity index (χ4n) is 11.3. The molecule has 9 rings (SSSR count). The highest BCUT2D eigenvalue weighted by Crippen LogP contribution is 2.66. The highest BCUT2D eigenvalue weighted by Gasteiger charge is 2.52. The molecule has 0 bridgehead atoms. The van der Waals surface area contributed by atoms with E-state index in [1.807, 2.05) is 38.1 Å². The number of nitrogens with two attached hydrogens (primary N) is 1. The Hall–Kier alpha value is -6.90. The first-order valence-electron chi connectivity index (χ1n) is 25.6. The second kappa shape index (κ2) is 21.7. The third-order valence-corrected chi connectivity index (χ3v) is 18.2. The molecule has 6 atom stereocenters. The van der Waals surface area contributed by atoms with Crippen LogP contribution in [0.4, 0.5) is 16.4 Å². The van der Waals surface area contributed by atoms with E-state index in [2.05, 4.69) is 92.4 Å². The molecule has 11 N–H and O–H groups in total. The number of aromatic carboxylic acids is 1. The molecule has 2 amide bonds. The van der Waals surface area contributed by atoms with Gasteiger partial charge in [-0.1, -0.05) is 11.1 Å². The van der Waals surface area contributed by atoms with Gasteiger partial charge in [-0.05, 0) is 94.7 Å². The van der Waals surface area contributed by atoms with E-state index in [9.17, 15) is 52.9 Å². The number of H-pyrrole nitrogens is 1. The Bertz CT molecular complexity index is 3940. The van der Waals surface area contributed by atoms with E-state index in [-0.39, 0.29) is 58.0 Å². The highest BCUT2D eigenvalue weighted by molar-refractivity contribution is 7.66. The minimum Gasteiger partial charge on any atom is -0.478 e. The van der Waals surface area contributed by atoms with E-state index < -0.39 is 78.1 Å². The van der Waals surface area contributed by atoms with Gasteiger partial charge in [-0.2, -0.15) is 8.62 Å². The predicted octanol–water partition coefficient (Wildman–Crippen LogP) is 3.04. The number of hydrogen-bond donors (Lipinski definition) is 10. The number of nitrogens with one attached hydrogen (secondary N) is 3. The molecule has 5 aromatic rings. The van der Waals surface area contributed by atoms with Crippen molar-refractivity contribution in [1.29, 1.82) is 0 Å². The number of carboxylic acids is 1. The number of aliphatic hydroxyl groups is 1. The maximum atomic E-state index is 14.1. The van der Waals surface area contributed by atoms with Gasteiger partial charge in [0.2, 0.25) is 17.1 Å². The van der Waals surface area contributed by atoms with Crippen LogP contribution >= 0.6 is 23.5 Å². The number of aromatic nitrogens is 4. The fraction of sp³-hybridized carbons (Fsp3) is 0.392. The Balaban J connectivity index is 0.991. The third kappa shape index (κ3) is 11.6. The molecular formula is C51H62N9O19P3+2. The lowest BCUT2D eigenvalue weighted by Gasteiger charge is -2.43. The first kappa shape index (κ1) is 59.7. The Morgan fingerprint density at radius 3 is 2.26 bits per heavy atom. The molecule has 6 heterocycles. The Kier molecular flexibility index (Phi) is 15.8. The number of phosphoric ester groups is 1. The summed E-state index contributed by atoms with van der Waals surface area (Å²) < 4.78 is 71.2. The number of aromatic amines is 1. The van der Waals surface area contributed by atoms with Crippen molar-refractivity contribution in [2.75, 3.05) is 43.4 Å². The number of allylic oxidation sites excluding steroid dienone is 2. The zero-order chi connectivity index (χ0) is 59.9. The number of aryl methyl sites for hydroxylation is 1. The Morgan fingerprint density at radius 1 is 0.890 bits per heavy atom. The van der Waals surface area contributed by atoms with Crippen molar-refractivity contribution >= 4 is 81.0 Å². The lowest BCUT2D eigenvalue weighted by Crippen LogP contribution is -2.49. The number of carbonyl (C=O) groups excluding carboxylic acids is 2. The molecule has 3 aromatic carbocycles. The van der Waals surface area contributed by atoms with Crippen molar-refractivity contribution in [2.45, 2.75) is 91.0 Å². The maximum Gasteiger partial charge on any atom is 0.490 e. The second-order valence-electron chi connectivity index (χ2n) is 21.0. The molecule has 0 saturated carbocycles. The van der Waals surface area contributed by atoms with E-state index in [4.69, 9.17) is 34.3 Å². The molecule has 82 heavy (non-hydrogen) atoms. The monoisotopic (exact) mass is 1200 g/mol. The molecule has 2 unspecified atom stereocenters. The number of anilines is 2. The van der Waals surface area contributed by atoms with Crippen molar-refractivity contribution in [3.63, 3.8) is 0 Å². The molecule has 1 saturated heterocycles. The molecule has 4 aliphatic heterocycles. The summed E-state index contributed by atoms with van der Waals surface area (Å²) in [7, 11) is -16.0. The average molecular weight is 1200 g/mol. The molecule has 2 aromatic heterocycles. The number of likely N-dealkylation sites (N-methyl/N-ethyl adjacent to an activating group) is 2. The van der Waals surface area contributed by atoms with Gasteiger partial charge in [0.15, 0.2) is 24.1 Å². The van der Waals surface area contributed by atoms with Crippen LogP contribution in [-0.2, 0) is 43.4 Å². The van der Waals surface area contributed by atoms with Gasteiger partial charge >= 0.3 is 41.2 Å². The molecule has 0 radical (unpaired) electrons. The summed E-state index contributed by atoms with van der Waals surface area (Å²) in [6.45, 7) is 16.4. The number of benzene rings is 3. The quantitative estimate of drug-likeness (QED) is 0.0356. The number of hydrogen-bond acceptors (Lipinski definition) is 17. The molecule has 4 aliphatic rings. The largest absolute Gasteiger partial charge is 0.490 e. The van der Waals surface area contributed by atoms with E-state index in [0.29, 0.717) is 40.9 Å². The van der Waals surface area contributed by atoms with Crippen LogP contribution in [0.5, 0.6) is 11.5 Å². The van der Waals surface area contributed by atoms with Crippen molar-refractivity contribution in [3.05, 3.63) is 115 Å². The van der Waals surface area contributed by atoms with Crippen LogP contribution in [0.3, 0.4) is 0 Å². The number of rotatable bonds is 17. The zero-order valence-corrected chi connectivity index (χ0v) is 48.4. The molecule has 31 heteroatoms. The summed E-state index contributed by atoms with van der Waals surface area (Å²) in [5.41, 5.74) is 10.4. The van der Waals surface area contributed by atoms with Gasteiger partial charge in [0, 0.05) is 78.3 Å². The number of nitrogens with zero attached hydrogens (tertiary/aromatic N) is 5. The normalized spacial score (nSPS) is 21.2. The average Bonchev–Trinajstić information content (AvgIpc) is 1.49. The number of phosphoric acid groups is 3. The molecule has 0 spiro atoms. The zero-order valence-electron chi connectivity index (χ0n) is 45.8. The number of aliphatic hydroxyl groups excluding tert-OH is 1. The first-order valence-corrected chi connectivity index (χ1v) is 30.1. The lowest BCUT2D eigenvalue weighted by molar-refractivity contribution is -0.745. The summed E-state index contributed by atoms with van der Waals surface area (Å²) in [5, 5.41) is 29.1. The van der Waals surface area contributed by atoms with E-state index in [0.717, 1.165) is 37.9 Å². The van der Waals surface area contributed by atoms with E-state index >= 15 is 0 Å². The third-order valence-electron chi connectivity index (χ3n) is 14.4. The van der Waals surface area contributed by atoms with Crippen LogP contribution in [0.1, 0.15) is 105 Å².